The Morgan fingerprint density at radius 2 is 0.590 bits per heavy atom. The van der Waals surface area contributed by atoms with Crippen LogP contribution in [0.4, 0.5) is 52.7 Å². The summed E-state index contributed by atoms with van der Waals surface area (Å²) in [7, 11) is 0. The Morgan fingerprint density at radius 1 is 0.253 bits per heavy atom. The lowest BCUT2D eigenvalue weighted by Crippen LogP contribution is -2.11. The van der Waals surface area contributed by atoms with Crippen molar-refractivity contribution in [1.29, 1.82) is 0 Å². The predicted octanol–water partition coefficient (Wildman–Crippen LogP) is 19.2. The third-order valence-corrected chi connectivity index (χ3v) is 13.9. The molecule has 0 unspecified atom stereocenters. The molecular formula is C65H36F12N6. The minimum atomic E-state index is -5.20. The lowest BCUT2D eigenvalue weighted by Gasteiger charge is -2.18. The van der Waals surface area contributed by atoms with Gasteiger partial charge in [0.05, 0.1) is 50.4 Å². The van der Waals surface area contributed by atoms with Crippen molar-refractivity contribution in [3.8, 4) is 96.0 Å². The molecule has 0 atom stereocenters. The van der Waals surface area contributed by atoms with Crippen LogP contribution in [0.3, 0.4) is 0 Å². The topological polar surface area (TPSA) is 69.4 Å². The summed E-state index contributed by atoms with van der Waals surface area (Å²) in [4.78, 5) is 25.1. The van der Waals surface area contributed by atoms with E-state index in [4.69, 9.17) is 24.9 Å². The second-order valence-corrected chi connectivity index (χ2v) is 19.4. The third-order valence-electron chi connectivity index (χ3n) is 13.9. The van der Waals surface area contributed by atoms with Gasteiger partial charge in [-0.2, -0.15) is 52.7 Å². The van der Waals surface area contributed by atoms with Gasteiger partial charge in [0, 0.05) is 44.2 Å². The van der Waals surface area contributed by atoms with Gasteiger partial charge in [-0.1, -0.05) is 146 Å². The van der Waals surface area contributed by atoms with Crippen LogP contribution >= 0.6 is 0 Å². The molecule has 0 N–H and O–H groups in total. The van der Waals surface area contributed by atoms with Gasteiger partial charge in [0.2, 0.25) is 0 Å². The molecule has 6 nitrogen and oxygen atoms in total. The Balaban J connectivity index is 1.20. The molecule has 0 fully saturated rings. The lowest BCUT2D eigenvalue weighted by atomic mass is 9.97. The molecule has 0 bridgehead atoms. The van der Waals surface area contributed by atoms with E-state index in [2.05, 4.69) is 0 Å². The minimum absolute atomic E-state index is 0.0117. The van der Waals surface area contributed by atoms with Gasteiger partial charge in [-0.25, -0.2) is 24.9 Å². The first-order chi connectivity index (χ1) is 39.6. The lowest BCUT2D eigenvalue weighted by molar-refractivity contribution is -0.144. The quantitative estimate of drug-likeness (QED) is 0.135. The molecule has 410 valence electrons. The first kappa shape index (κ1) is 53.7. The number of hydrogen-bond donors (Lipinski definition) is 0. The van der Waals surface area contributed by atoms with Crippen molar-refractivity contribution in [3.63, 3.8) is 0 Å². The van der Waals surface area contributed by atoms with E-state index in [1.54, 1.807) is 28.8 Å². The number of halogens is 12. The number of aromatic nitrogens is 6. The van der Waals surface area contributed by atoms with Crippen LogP contribution in [0.5, 0.6) is 0 Å². The summed E-state index contributed by atoms with van der Waals surface area (Å²) in [5.41, 5.74) is -2.76. The van der Waals surface area contributed by atoms with Gasteiger partial charge >= 0.3 is 24.7 Å². The second kappa shape index (κ2) is 20.5. The van der Waals surface area contributed by atoms with Crippen LogP contribution < -0.4 is 0 Å². The van der Waals surface area contributed by atoms with Gasteiger partial charge in [-0.05, 0) is 95.1 Å². The van der Waals surface area contributed by atoms with Crippen molar-refractivity contribution < 1.29 is 52.7 Å². The van der Waals surface area contributed by atoms with Crippen molar-refractivity contribution >= 4 is 21.8 Å². The fourth-order valence-corrected chi connectivity index (χ4v) is 9.95. The summed E-state index contributed by atoms with van der Waals surface area (Å²) < 4.78 is 175. The molecule has 3 aromatic heterocycles. The monoisotopic (exact) mass is 1130 g/mol. The number of benzene rings is 9. The predicted molar refractivity (Wildman–Crippen MR) is 293 cm³/mol. The fraction of sp³-hybridized carbons (Fsp3) is 0.0615. The van der Waals surface area contributed by atoms with E-state index in [0.717, 1.165) is 0 Å². The molecule has 0 spiro atoms. The highest BCUT2D eigenvalue weighted by molar-refractivity contribution is 6.12. The van der Waals surface area contributed by atoms with Crippen LogP contribution in [-0.2, 0) is 24.7 Å². The highest BCUT2D eigenvalue weighted by Gasteiger charge is 2.39. The fourth-order valence-electron chi connectivity index (χ4n) is 9.95. The molecule has 0 aliphatic heterocycles. The molecule has 12 aromatic rings. The van der Waals surface area contributed by atoms with Crippen LogP contribution in [0.25, 0.3) is 118 Å². The van der Waals surface area contributed by atoms with Gasteiger partial charge in [-0.3, -0.25) is 0 Å². The standard InChI is InChI=1S/C65H36F12N6/c66-62(67,68)46-27-44(28-47(34-46)63(69,70)71)41-21-24-50-51-25-22-42(45-29-48(64(72,73)74)35-49(30-45)65(75,76)77)33-57(51)83(56(50)32-41)55-26-23-43(60-81-58(39-17-9-3-10-18-39)80-59(82-60)40-19-11-4-12-20-40)31-52(55)61-78-53(37-13-5-1-6-14-37)36-54(79-61)38-15-7-2-8-16-38/h1-36H. The van der Waals surface area contributed by atoms with E-state index in [-0.39, 0.29) is 57.2 Å². The first-order valence-electron chi connectivity index (χ1n) is 25.3. The first-order valence-corrected chi connectivity index (χ1v) is 25.3. The van der Waals surface area contributed by atoms with E-state index in [0.29, 0.717) is 85.9 Å². The zero-order valence-corrected chi connectivity index (χ0v) is 42.5. The van der Waals surface area contributed by atoms with E-state index >= 15 is 0 Å². The van der Waals surface area contributed by atoms with E-state index in [1.807, 2.05) is 121 Å². The Bertz CT molecular complexity index is 4110. The highest BCUT2D eigenvalue weighted by atomic mass is 19.4. The summed E-state index contributed by atoms with van der Waals surface area (Å²) in [5.74, 6) is 0.866. The van der Waals surface area contributed by atoms with E-state index in [9.17, 15) is 52.7 Å². The SMILES string of the molecule is FC(F)(F)c1cc(-c2ccc3c4ccc(-c5cc(C(F)(F)F)cc(C(F)(F)F)c5)cc4n(-c4ccc(-c5nc(-c6ccccc6)nc(-c6ccccc6)n5)cc4-c4nc(-c5ccccc5)cc(-c5ccccc5)n4)c3c2)cc(C(F)(F)F)c1. The Labute approximate surface area is 463 Å². The Kier molecular flexibility index (Phi) is 13.3. The molecule has 18 heteroatoms. The minimum Gasteiger partial charge on any atom is -0.308 e. The maximum Gasteiger partial charge on any atom is 0.416 e. The molecule has 83 heavy (non-hydrogen) atoms. The number of nitrogens with zero attached hydrogens (tertiary/aromatic N) is 6. The normalized spacial score (nSPS) is 12.3. The van der Waals surface area contributed by atoms with Crippen LogP contribution in [0, 0.1) is 0 Å². The molecule has 0 amide bonds. The highest BCUT2D eigenvalue weighted by Crippen LogP contribution is 2.45. The smallest absolute Gasteiger partial charge is 0.308 e. The van der Waals surface area contributed by atoms with E-state index in [1.165, 1.54) is 36.4 Å². The van der Waals surface area contributed by atoms with Crippen molar-refractivity contribution in [1.82, 2.24) is 29.5 Å². The summed E-state index contributed by atoms with van der Waals surface area (Å²) in [6, 6.07) is 54.0. The van der Waals surface area contributed by atoms with Gasteiger partial charge in [0.1, 0.15) is 0 Å². The van der Waals surface area contributed by atoms with Crippen molar-refractivity contribution in [3.05, 3.63) is 241 Å². The average Bonchev–Trinajstić information content (AvgIpc) is 2.22. The molecule has 0 saturated carbocycles. The Hall–Kier alpha value is -9.97. The largest absolute Gasteiger partial charge is 0.416 e. The zero-order valence-electron chi connectivity index (χ0n) is 42.5. The summed E-state index contributed by atoms with van der Waals surface area (Å²) in [6.45, 7) is 0. The molecule has 0 aliphatic rings. The molecule has 3 heterocycles. The molecule has 9 aromatic carbocycles. The molecule has 0 radical (unpaired) electrons. The maximum atomic E-state index is 14.4. The van der Waals surface area contributed by atoms with Crippen molar-refractivity contribution in [2.75, 3.05) is 0 Å². The van der Waals surface area contributed by atoms with Crippen molar-refractivity contribution in [2.45, 2.75) is 24.7 Å². The average molecular weight is 1130 g/mol. The maximum absolute atomic E-state index is 14.4. The molecule has 0 aliphatic carbocycles. The van der Waals surface area contributed by atoms with Crippen LogP contribution in [0.2, 0.25) is 0 Å². The van der Waals surface area contributed by atoms with Crippen LogP contribution in [0.1, 0.15) is 22.3 Å². The van der Waals surface area contributed by atoms with Gasteiger partial charge in [-0.15, -0.1) is 0 Å². The van der Waals surface area contributed by atoms with Gasteiger partial charge < -0.3 is 4.57 Å². The van der Waals surface area contributed by atoms with Crippen LogP contribution in [-0.4, -0.2) is 29.5 Å². The molecular weight excluding hydrogens is 1090 g/mol. The number of fused-ring (bicyclic) bond motifs is 3. The summed E-state index contributed by atoms with van der Waals surface area (Å²) >= 11 is 0. The van der Waals surface area contributed by atoms with Crippen molar-refractivity contribution in [2.24, 2.45) is 0 Å². The van der Waals surface area contributed by atoms with Crippen LogP contribution in [0.15, 0.2) is 218 Å². The number of alkyl halides is 12. The number of rotatable bonds is 9. The zero-order chi connectivity index (χ0) is 58.0. The summed E-state index contributed by atoms with van der Waals surface area (Å²) in [5, 5.41) is 0.685. The molecule has 0 saturated heterocycles. The van der Waals surface area contributed by atoms with Gasteiger partial charge in [0.25, 0.3) is 0 Å². The number of hydrogen-bond acceptors (Lipinski definition) is 5. The van der Waals surface area contributed by atoms with Gasteiger partial charge in [0.15, 0.2) is 23.3 Å². The Morgan fingerprint density at radius 3 is 0.952 bits per heavy atom. The summed E-state index contributed by atoms with van der Waals surface area (Å²) in [6.07, 6.45) is -20.8. The van der Waals surface area contributed by atoms with E-state index < -0.39 is 58.1 Å². The molecule has 12 rings (SSSR count). The third kappa shape index (κ3) is 10.8. The second-order valence-electron chi connectivity index (χ2n) is 19.4.